The molecule has 2 saturated carbocycles. The standard InChI is InChI=1S/C24H31FO6/c1-13-9-18-17-6-5-15-10-16(27)7-8-21(15,3)23(17,25)19(28)11-22(18,4)24(13,30)20(29)12-31-14(2)26/h5-6,10,13,17-19,28,30H,7-9,11-12H2,1-4H3/t13?,17-,18-,19?,21-,22-,23-,24-/m0/s1. The number of Topliss-reactive ketones (excluding diaryl/α,β-unsaturated/α-hetero) is 1. The molecule has 0 aromatic carbocycles. The van der Waals surface area contributed by atoms with E-state index in [-0.39, 0.29) is 18.6 Å². The zero-order chi connectivity index (χ0) is 23.0. The monoisotopic (exact) mass is 434 g/mol. The molecule has 2 unspecified atom stereocenters. The number of aliphatic hydroxyl groups is 2. The highest BCUT2D eigenvalue weighted by molar-refractivity contribution is 5.93. The fourth-order valence-corrected chi connectivity index (χ4v) is 7.23. The van der Waals surface area contributed by atoms with Crippen LogP contribution in [0, 0.1) is 28.6 Å². The Labute approximate surface area is 181 Å². The number of rotatable bonds is 3. The molecule has 2 N–H and O–H groups in total. The molecule has 4 rings (SSSR count). The predicted molar refractivity (Wildman–Crippen MR) is 109 cm³/mol. The quantitative estimate of drug-likeness (QED) is 0.662. The van der Waals surface area contributed by atoms with Gasteiger partial charge in [0.1, 0.15) is 5.60 Å². The summed E-state index contributed by atoms with van der Waals surface area (Å²) in [4.78, 5) is 36.2. The van der Waals surface area contributed by atoms with E-state index in [1.165, 1.54) is 13.0 Å². The maximum atomic E-state index is 17.0. The Morgan fingerprint density at radius 1 is 1.32 bits per heavy atom. The number of alkyl halides is 1. The van der Waals surface area contributed by atoms with Crippen molar-refractivity contribution in [2.75, 3.05) is 6.61 Å². The van der Waals surface area contributed by atoms with Crippen LogP contribution in [0.4, 0.5) is 4.39 Å². The summed E-state index contributed by atoms with van der Waals surface area (Å²) in [5, 5.41) is 22.9. The molecule has 0 radical (unpaired) electrons. The topological polar surface area (TPSA) is 101 Å². The molecular weight excluding hydrogens is 403 g/mol. The Morgan fingerprint density at radius 2 is 2.00 bits per heavy atom. The van der Waals surface area contributed by atoms with Gasteiger partial charge in [0.25, 0.3) is 0 Å². The van der Waals surface area contributed by atoms with Crippen molar-refractivity contribution in [2.24, 2.45) is 28.6 Å². The van der Waals surface area contributed by atoms with Crippen molar-refractivity contribution in [1.29, 1.82) is 0 Å². The second-order valence-electron chi connectivity index (χ2n) is 10.4. The first-order valence-electron chi connectivity index (χ1n) is 11.0. The van der Waals surface area contributed by atoms with Crippen molar-refractivity contribution in [1.82, 2.24) is 0 Å². The van der Waals surface area contributed by atoms with E-state index in [9.17, 15) is 24.6 Å². The molecule has 8 atom stereocenters. The maximum Gasteiger partial charge on any atom is 0.303 e. The molecule has 6 nitrogen and oxygen atoms in total. The summed E-state index contributed by atoms with van der Waals surface area (Å²) in [6, 6.07) is 0. The Kier molecular flexibility index (Phi) is 4.91. The van der Waals surface area contributed by atoms with E-state index in [0.29, 0.717) is 18.4 Å². The Morgan fingerprint density at radius 3 is 2.65 bits per heavy atom. The molecule has 0 aliphatic heterocycles. The third-order valence-corrected chi connectivity index (χ3v) is 9.02. The zero-order valence-electron chi connectivity index (χ0n) is 18.5. The third-order valence-electron chi connectivity index (χ3n) is 9.02. The highest BCUT2D eigenvalue weighted by Crippen LogP contribution is 2.69. The average molecular weight is 435 g/mol. The summed E-state index contributed by atoms with van der Waals surface area (Å²) < 4.78 is 21.9. The van der Waals surface area contributed by atoms with Crippen LogP contribution in [0.2, 0.25) is 0 Å². The zero-order valence-corrected chi connectivity index (χ0v) is 18.5. The highest BCUT2D eigenvalue weighted by atomic mass is 19.1. The maximum absolute atomic E-state index is 17.0. The van der Waals surface area contributed by atoms with Crippen LogP contribution in [0.3, 0.4) is 0 Å². The Balaban J connectivity index is 1.79. The number of esters is 1. The number of hydrogen-bond acceptors (Lipinski definition) is 6. The second kappa shape index (κ2) is 6.82. The Hall–Kier alpha value is -1.86. The normalized spacial score (nSPS) is 48.4. The number of carbonyl (C=O) groups is 3. The number of halogens is 1. The summed E-state index contributed by atoms with van der Waals surface area (Å²) in [6.45, 7) is 5.89. The summed E-state index contributed by atoms with van der Waals surface area (Å²) in [7, 11) is 0. The molecule has 0 amide bonds. The van der Waals surface area contributed by atoms with Gasteiger partial charge in [0, 0.05) is 30.1 Å². The van der Waals surface area contributed by atoms with Crippen LogP contribution >= 0.6 is 0 Å². The van der Waals surface area contributed by atoms with Crippen molar-refractivity contribution in [3.05, 3.63) is 23.8 Å². The van der Waals surface area contributed by atoms with Gasteiger partial charge in [0.15, 0.2) is 18.1 Å². The number of ketones is 2. The van der Waals surface area contributed by atoms with Gasteiger partial charge in [0.05, 0.1) is 6.10 Å². The molecule has 0 saturated heterocycles. The van der Waals surface area contributed by atoms with Crippen molar-refractivity contribution in [3.63, 3.8) is 0 Å². The van der Waals surface area contributed by atoms with Gasteiger partial charge in [-0.1, -0.05) is 32.9 Å². The predicted octanol–water partition coefficient (Wildman–Crippen LogP) is 2.47. The van der Waals surface area contributed by atoms with Gasteiger partial charge in [-0.15, -0.1) is 0 Å². The fourth-order valence-electron chi connectivity index (χ4n) is 7.23. The molecule has 0 aromatic rings. The number of carbonyl (C=O) groups excluding carboxylic acids is 3. The average Bonchev–Trinajstić information content (AvgIpc) is 2.89. The number of allylic oxidation sites excluding steroid dienone is 4. The summed E-state index contributed by atoms with van der Waals surface area (Å²) >= 11 is 0. The molecule has 0 spiro atoms. The van der Waals surface area contributed by atoms with Gasteiger partial charge in [-0.3, -0.25) is 14.4 Å². The van der Waals surface area contributed by atoms with E-state index in [1.807, 2.05) is 0 Å². The van der Waals surface area contributed by atoms with E-state index in [0.717, 1.165) is 0 Å². The van der Waals surface area contributed by atoms with E-state index in [2.05, 4.69) is 0 Å². The lowest BCUT2D eigenvalue weighted by atomic mass is 9.45. The summed E-state index contributed by atoms with van der Waals surface area (Å²) in [5.41, 5.74) is -5.37. The minimum atomic E-state index is -2.01. The molecule has 170 valence electrons. The lowest BCUT2D eigenvalue weighted by molar-refractivity contribution is -0.213. The number of hydrogen-bond donors (Lipinski definition) is 2. The third kappa shape index (κ3) is 2.65. The van der Waals surface area contributed by atoms with Gasteiger partial charge in [0.2, 0.25) is 5.78 Å². The van der Waals surface area contributed by atoms with Crippen LogP contribution in [-0.2, 0) is 19.1 Å². The van der Waals surface area contributed by atoms with Crippen molar-refractivity contribution < 1.29 is 33.7 Å². The van der Waals surface area contributed by atoms with Crippen molar-refractivity contribution >= 4 is 17.5 Å². The van der Waals surface area contributed by atoms with Crippen LogP contribution in [-0.4, -0.2) is 51.7 Å². The van der Waals surface area contributed by atoms with Crippen LogP contribution in [0.15, 0.2) is 23.8 Å². The molecule has 0 heterocycles. The highest BCUT2D eigenvalue weighted by Gasteiger charge is 2.75. The first kappa shape index (κ1) is 22.3. The SMILES string of the molecule is CC(=O)OCC(=O)[C@@]1(O)C(C)C[C@H]2[C@@H]3C=CC4=CC(=O)CC[C@]4(C)[C@@]3(F)C(O)C[C@@]21C. The molecule has 2 fully saturated rings. The van der Waals surface area contributed by atoms with Crippen LogP contribution in [0.25, 0.3) is 0 Å². The summed E-state index contributed by atoms with van der Waals surface area (Å²) in [5.74, 6) is -2.89. The lowest BCUT2D eigenvalue weighted by Gasteiger charge is -2.61. The molecule has 7 heteroatoms. The lowest BCUT2D eigenvalue weighted by Crippen LogP contribution is -2.69. The molecular formula is C24H31FO6. The summed E-state index contributed by atoms with van der Waals surface area (Å²) in [6.07, 6.45) is 4.38. The van der Waals surface area contributed by atoms with Gasteiger partial charge < -0.3 is 14.9 Å². The smallest absolute Gasteiger partial charge is 0.303 e. The number of aliphatic hydroxyl groups excluding tert-OH is 1. The second-order valence-corrected chi connectivity index (χ2v) is 10.4. The minimum absolute atomic E-state index is 0.0470. The van der Waals surface area contributed by atoms with Gasteiger partial charge in [-0.25, -0.2) is 4.39 Å². The van der Waals surface area contributed by atoms with Gasteiger partial charge in [-0.2, -0.15) is 0 Å². The molecule has 0 aromatic heterocycles. The molecule has 4 aliphatic carbocycles. The van der Waals surface area contributed by atoms with Crippen molar-refractivity contribution in [2.45, 2.75) is 70.8 Å². The number of fused-ring (bicyclic) bond motifs is 5. The Bertz CT molecular complexity index is 910. The van der Waals surface area contributed by atoms with E-state index in [1.54, 1.807) is 32.9 Å². The van der Waals surface area contributed by atoms with Gasteiger partial charge >= 0.3 is 5.97 Å². The van der Waals surface area contributed by atoms with E-state index < -0.39 is 64.3 Å². The molecule has 31 heavy (non-hydrogen) atoms. The van der Waals surface area contributed by atoms with Gasteiger partial charge in [-0.05, 0) is 42.7 Å². The van der Waals surface area contributed by atoms with Crippen LogP contribution in [0.1, 0.15) is 53.4 Å². The largest absolute Gasteiger partial charge is 0.458 e. The first-order valence-corrected chi connectivity index (χ1v) is 11.0. The van der Waals surface area contributed by atoms with E-state index in [4.69, 9.17) is 4.74 Å². The fraction of sp³-hybridized carbons (Fsp3) is 0.708. The molecule has 0 bridgehead atoms. The molecule has 4 aliphatic rings. The van der Waals surface area contributed by atoms with Crippen LogP contribution < -0.4 is 0 Å². The first-order chi connectivity index (χ1) is 14.3. The minimum Gasteiger partial charge on any atom is -0.458 e. The van der Waals surface area contributed by atoms with Crippen LogP contribution in [0.5, 0.6) is 0 Å². The van der Waals surface area contributed by atoms with Crippen molar-refractivity contribution in [3.8, 4) is 0 Å². The number of ether oxygens (including phenoxy) is 1. The van der Waals surface area contributed by atoms with E-state index >= 15 is 4.39 Å².